The lowest BCUT2D eigenvalue weighted by atomic mass is 10.0. The number of thiophene rings is 1. The van der Waals surface area contributed by atoms with Crippen molar-refractivity contribution in [2.45, 2.75) is 19.9 Å². The third-order valence-electron chi connectivity index (χ3n) is 5.10. The summed E-state index contributed by atoms with van der Waals surface area (Å²) in [7, 11) is 0. The number of hydrogen-bond acceptors (Lipinski definition) is 4. The second-order valence-corrected chi connectivity index (χ2v) is 7.65. The molecule has 2 amide bonds. The van der Waals surface area contributed by atoms with Crippen LogP contribution in [0.3, 0.4) is 0 Å². The molecule has 30 heavy (non-hydrogen) atoms. The quantitative estimate of drug-likeness (QED) is 0.521. The predicted octanol–water partition coefficient (Wildman–Crippen LogP) is 4.81. The van der Waals surface area contributed by atoms with Crippen LogP contribution in [0, 0.1) is 0 Å². The smallest absolute Gasteiger partial charge is 0.256 e. The van der Waals surface area contributed by atoms with E-state index < -0.39 is 0 Å². The van der Waals surface area contributed by atoms with Crippen molar-refractivity contribution >= 4 is 28.8 Å². The Kier molecular flexibility index (Phi) is 7.76. The van der Waals surface area contributed by atoms with E-state index in [1.165, 1.54) is 16.9 Å². The fourth-order valence-corrected chi connectivity index (χ4v) is 4.10. The highest BCUT2D eigenvalue weighted by Crippen LogP contribution is 2.21. The van der Waals surface area contributed by atoms with Crippen LogP contribution in [0.25, 0.3) is 0 Å². The van der Waals surface area contributed by atoms with Crippen LogP contribution in [-0.4, -0.2) is 36.3 Å². The number of benzene rings is 2. The average molecular weight is 422 g/mol. The molecule has 2 N–H and O–H groups in total. The number of nitrogens with one attached hydrogen (secondary N) is 2. The van der Waals surface area contributed by atoms with Gasteiger partial charge in [0, 0.05) is 11.9 Å². The number of carbonyl (C=O) groups is 2. The summed E-state index contributed by atoms with van der Waals surface area (Å²) in [6.07, 6.45) is 0. The van der Waals surface area contributed by atoms with Gasteiger partial charge in [0.25, 0.3) is 11.8 Å². The van der Waals surface area contributed by atoms with E-state index in [1.807, 2.05) is 29.6 Å². The predicted molar refractivity (Wildman–Crippen MR) is 123 cm³/mol. The van der Waals surface area contributed by atoms with Crippen LogP contribution in [0.4, 0.5) is 5.69 Å². The first kappa shape index (κ1) is 21.7. The van der Waals surface area contributed by atoms with Crippen molar-refractivity contribution in [1.29, 1.82) is 0 Å². The van der Waals surface area contributed by atoms with E-state index >= 15 is 0 Å². The fraction of sp³-hybridized carbons (Fsp3) is 0.250. The Labute approximate surface area is 181 Å². The van der Waals surface area contributed by atoms with E-state index in [2.05, 4.69) is 41.5 Å². The van der Waals surface area contributed by atoms with Gasteiger partial charge in [-0.15, -0.1) is 0 Å². The average Bonchev–Trinajstić information content (AvgIpc) is 3.32. The summed E-state index contributed by atoms with van der Waals surface area (Å²) in [5.41, 5.74) is 2.71. The van der Waals surface area contributed by atoms with Crippen LogP contribution < -0.4 is 10.6 Å². The third kappa shape index (κ3) is 5.34. The summed E-state index contributed by atoms with van der Waals surface area (Å²) in [5, 5.41) is 9.56. The molecule has 3 aromatic rings. The summed E-state index contributed by atoms with van der Waals surface area (Å²) >= 11 is 1.46. The van der Waals surface area contributed by atoms with Crippen molar-refractivity contribution in [1.82, 2.24) is 10.2 Å². The second-order valence-electron chi connectivity index (χ2n) is 6.87. The molecule has 0 fully saturated rings. The Bertz CT molecular complexity index is 954. The molecule has 0 bridgehead atoms. The highest BCUT2D eigenvalue weighted by Gasteiger charge is 2.20. The molecule has 1 atom stereocenters. The Balaban J connectivity index is 1.74. The minimum atomic E-state index is -0.221. The maximum atomic E-state index is 13.0. The zero-order valence-electron chi connectivity index (χ0n) is 17.3. The molecule has 0 aliphatic carbocycles. The van der Waals surface area contributed by atoms with Gasteiger partial charge in [-0.1, -0.05) is 56.3 Å². The lowest BCUT2D eigenvalue weighted by Gasteiger charge is -2.30. The van der Waals surface area contributed by atoms with Crippen LogP contribution in [0.5, 0.6) is 0 Å². The molecule has 5 nitrogen and oxygen atoms in total. The Morgan fingerprint density at radius 3 is 2.30 bits per heavy atom. The first-order valence-corrected chi connectivity index (χ1v) is 11.1. The molecule has 6 heteroatoms. The van der Waals surface area contributed by atoms with E-state index in [1.54, 1.807) is 29.6 Å². The maximum Gasteiger partial charge on any atom is 0.256 e. The summed E-state index contributed by atoms with van der Waals surface area (Å²) in [5.74, 6) is -0.425. The largest absolute Gasteiger partial charge is 0.350 e. The van der Waals surface area contributed by atoms with Crippen LogP contribution in [0.15, 0.2) is 71.4 Å². The standard InChI is InChI=1S/C24H27N3O2S/c1-3-27(4-2)22(18-10-6-5-7-11-18)16-25-24(29)20-12-8-9-13-21(20)26-23(28)19-14-15-30-17-19/h5-15,17,22H,3-4,16H2,1-2H3,(H,25,29)(H,26,28). The number of hydrogen-bond donors (Lipinski definition) is 2. The summed E-state index contributed by atoms with van der Waals surface area (Å²) in [4.78, 5) is 27.7. The highest BCUT2D eigenvalue weighted by molar-refractivity contribution is 7.08. The van der Waals surface area contributed by atoms with E-state index in [9.17, 15) is 9.59 Å². The van der Waals surface area contributed by atoms with Crippen molar-refractivity contribution in [2.75, 3.05) is 25.0 Å². The minimum absolute atomic E-state index is 0.0812. The van der Waals surface area contributed by atoms with E-state index in [-0.39, 0.29) is 17.9 Å². The van der Waals surface area contributed by atoms with Crippen molar-refractivity contribution < 1.29 is 9.59 Å². The molecular weight excluding hydrogens is 394 g/mol. The monoisotopic (exact) mass is 421 g/mol. The molecule has 2 aromatic carbocycles. The van der Waals surface area contributed by atoms with Crippen molar-refractivity contribution in [3.05, 3.63) is 88.1 Å². The molecule has 3 rings (SSSR count). The molecule has 0 aliphatic heterocycles. The lowest BCUT2D eigenvalue weighted by molar-refractivity contribution is 0.0936. The SMILES string of the molecule is CCN(CC)C(CNC(=O)c1ccccc1NC(=O)c1ccsc1)c1ccccc1. The van der Waals surface area contributed by atoms with Gasteiger partial charge in [-0.25, -0.2) is 0 Å². The van der Waals surface area contributed by atoms with Gasteiger partial charge >= 0.3 is 0 Å². The zero-order chi connectivity index (χ0) is 21.3. The number of para-hydroxylation sites is 1. The molecule has 0 aliphatic rings. The van der Waals surface area contributed by atoms with Crippen LogP contribution in [0.2, 0.25) is 0 Å². The van der Waals surface area contributed by atoms with Crippen molar-refractivity contribution in [3.63, 3.8) is 0 Å². The summed E-state index contributed by atoms with van der Waals surface area (Å²) in [6, 6.07) is 19.1. The van der Waals surface area contributed by atoms with Gasteiger partial charge in [-0.05, 0) is 42.2 Å². The Morgan fingerprint density at radius 2 is 1.63 bits per heavy atom. The normalized spacial score (nSPS) is 11.8. The molecule has 0 saturated heterocycles. The van der Waals surface area contributed by atoms with E-state index in [0.29, 0.717) is 23.4 Å². The van der Waals surface area contributed by atoms with Crippen molar-refractivity contribution in [2.24, 2.45) is 0 Å². The summed E-state index contributed by atoms with van der Waals surface area (Å²) < 4.78 is 0. The number of nitrogens with zero attached hydrogens (tertiary/aromatic N) is 1. The molecule has 1 aromatic heterocycles. The molecule has 0 radical (unpaired) electrons. The number of likely N-dealkylation sites (N-methyl/N-ethyl adjacent to an activating group) is 1. The van der Waals surface area contributed by atoms with Gasteiger partial charge in [-0.2, -0.15) is 11.3 Å². The second kappa shape index (κ2) is 10.7. The maximum absolute atomic E-state index is 13.0. The van der Waals surface area contributed by atoms with Gasteiger partial charge in [0.15, 0.2) is 0 Å². The molecule has 1 unspecified atom stereocenters. The Hall–Kier alpha value is -2.96. The molecule has 1 heterocycles. The third-order valence-corrected chi connectivity index (χ3v) is 5.78. The van der Waals surface area contributed by atoms with Gasteiger partial charge in [0.2, 0.25) is 0 Å². The van der Waals surface area contributed by atoms with Crippen LogP contribution in [-0.2, 0) is 0 Å². The van der Waals surface area contributed by atoms with Gasteiger partial charge < -0.3 is 10.6 Å². The van der Waals surface area contributed by atoms with E-state index in [0.717, 1.165) is 13.1 Å². The first-order chi connectivity index (χ1) is 14.6. The summed E-state index contributed by atoms with van der Waals surface area (Å²) in [6.45, 7) is 6.50. The Morgan fingerprint density at radius 1 is 0.933 bits per heavy atom. The number of amides is 2. The number of anilines is 1. The lowest BCUT2D eigenvalue weighted by Crippen LogP contribution is -2.38. The van der Waals surface area contributed by atoms with Crippen LogP contribution in [0.1, 0.15) is 46.2 Å². The van der Waals surface area contributed by atoms with Gasteiger partial charge in [0.05, 0.1) is 22.9 Å². The van der Waals surface area contributed by atoms with Gasteiger partial charge in [-0.3, -0.25) is 14.5 Å². The fourth-order valence-electron chi connectivity index (χ4n) is 3.46. The molecular formula is C24H27N3O2S. The minimum Gasteiger partial charge on any atom is -0.350 e. The topological polar surface area (TPSA) is 61.4 Å². The van der Waals surface area contributed by atoms with E-state index in [4.69, 9.17) is 0 Å². The number of carbonyl (C=O) groups excluding carboxylic acids is 2. The molecule has 0 spiro atoms. The van der Waals surface area contributed by atoms with Gasteiger partial charge in [0.1, 0.15) is 0 Å². The van der Waals surface area contributed by atoms with Crippen LogP contribution >= 0.6 is 11.3 Å². The first-order valence-electron chi connectivity index (χ1n) is 10.1. The molecule has 156 valence electrons. The number of rotatable bonds is 9. The molecule has 0 saturated carbocycles. The highest BCUT2D eigenvalue weighted by atomic mass is 32.1. The zero-order valence-corrected chi connectivity index (χ0v) is 18.1. The van der Waals surface area contributed by atoms with Crippen molar-refractivity contribution in [3.8, 4) is 0 Å².